The molecule has 0 fully saturated rings. The predicted octanol–water partition coefficient (Wildman–Crippen LogP) is 4.80. The molecule has 1 aromatic carbocycles. The minimum Gasteiger partial charge on any atom is -0.191 e. The third kappa shape index (κ3) is 3.10. The minimum absolute atomic E-state index is 0.753. The maximum absolute atomic E-state index is 5.91. The molecular formula is C16H11ClN4S2. The molecular weight excluding hydrogens is 348 g/mol. The second kappa shape index (κ2) is 6.31. The Balaban J connectivity index is 1.60. The van der Waals surface area contributed by atoms with Crippen molar-refractivity contribution in [2.75, 3.05) is 0 Å². The van der Waals surface area contributed by atoms with Gasteiger partial charge in [0.05, 0.1) is 4.88 Å². The molecule has 0 saturated carbocycles. The Morgan fingerprint density at radius 1 is 1.04 bits per heavy atom. The maximum Gasteiger partial charge on any atom is 0.195 e. The lowest BCUT2D eigenvalue weighted by atomic mass is 10.2. The van der Waals surface area contributed by atoms with Gasteiger partial charge in [-0.2, -0.15) is 9.61 Å². The molecule has 4 aromatic rings. The van der Waals surface area contributed by atoms with Crippen molar-refractivity contribution in [3.63, 3.8) is 0 Å². The predicted molar refractivity (Wildman–Crippen MR) is 95.1 cm³/mol. The molecule has 0 radical (unpaired) electrons. The topological polar surface area (TPSA) is 43.1 Å². The maximum atomic E-state index is 5.91. The van der Waals surface area contributed by atoms with Gasteiger partial charge in [0, 0.05) is 10.8 Å². The third-order valence-corrected chi connectivity index (χ3v) is 5.39. The summed E-state index contributed by atoms with van der Waals surface area (Å²) in [6, 6.07) is 15.8. The van der Waals surface area contributed by atoms with Crippen LogP contribution in [0.25, 0.3) is 16.3 Å². The van der Waals surface area contributed by atoms with Crippen molar-refractivity contribution < 1.29 is 0 Å². The van der Waals surface area contributed by atoms with Crippen LogP contribution in [0.2, 0.25) is 5.02 Å². The summed E-state index contributed by atoms with van der Waals surface area (Å²) in [5.41, 5.74) is 1.97. The minimum atomic E-state index is 0.753. The molecule has 7 heteroatoms. The Morgan fingerprint density at radius 3 is 2.70 bits per heavy atom. The van der Waals surface area contributed by atoms with Crippen LogP contribution in [0.15, 0.2) is 58.9 Å². The first-order chi connectivity index (χ1) is 11.3. The fourth-order valence-corrected chi connectivity index (χ4v) is 3.78. The molecule has 3 aromatic heterocycles. The van der Waals surface area contributed by atoms with Gasteiger partial charge in [-0.05, 0) is 41.3 Å². The number of rotatable bonds is 4. The monoisotopic (exact) mass is 358 g/mol. The van der Waals surface area contributed by atoms with Crippen molar-refractivity contribution >= 4 is 40.3 Å². The van der Waals surface area contributed by atoms with Gasteiger partial charge in [-0.25, -0.2) is 0 Å². The van der Waals surface area contributed by atoms with Gasteiger partial charge in [0.1, 0.15) is 5.03 Å². The van der Waals surface area contributed by atoms with Crippen LogP contribution in [-0.4, -0.2) is 19.8 Å². The van der Waals surface area contributed by atoms with E-state index in [2.05, 4.69) is 15.3 Å². The lowest BCUT2D eigenvalue weighted by molar-refractivity contribution is 0.862. The average Bonchev–Trinajstić information content (AvgIpc) is 3.23. The normalized spacial score (nSPS) is 11.2. The highest BCUT2D eigenvalue weighted by Gasteiger charge is 2.11. The summed E-state index contributed by atoms with van der Waals surface area (Å²) in [7, 11) is 0. The molecule has 4 nitrogen and oxygen atoms in total. The lowest BCUT2D eigenvalue weighted by Gasteiger charge is -2.03. The SMILES string of the molecule is Clc1ccc(CSc2ccc3nnc(-c4cccs4)n3n2)cc1. The number of nitrogens with zero attached hydrogens (tertiary/aromatic N) is 4. The van der Waals surface area contributed by atoms with Crippen molar-refractivity contribution in [1.82, 2.24) is 19.8 Å². The number of fused-ring (bicyclic) bond motifs is 1. The van der Waals surface area contributed by atoms with Crippen molar-refractivity contribution in [2.24, 2.45) is 0 Å². The van der Waals surface area contributed by atoms with E-state index >= 15 is 0 Å². The molecule has 0 aliphatic heterocycles. The molecule has 0 atom stereocenters. The molecule has 0 bridgehead atoms. The fraction of sp³-hybridized carbons (Fsp3) is 0.0625. The molecule has 23 heavy (non-hydrogen) atoms. The second-order valence-electron chi connectivity index (χ2n) is 4.86. The zero-order valence-corrected chi connectivity index (χ0v) is 14.3. The van der Waals surface area contributed by atoms with Gasteiger partial charge in [-0.15, -0.1) is 21.5 Å². The van der Waals surface area contributed by atoms with Gasteiger partial charge in [-0.1, -0.05) is 41.6 Å². The van der Waals surface area contributed by atoms with Crippen LogP contribution in [0.4, 0.5) is 0 Å². The van der Waals surface area contributed by atoms with E-state index in [0.717, 1.165) is 32.2 Å². The van der Waals surface area contributed by atoms with Crippen molar-refractivity contribution in [1.29, 1.82) is 0 Å². The Hall–Kier alpha value is -1.89. The van der Waals surface area contributed by atoms with Crippen molar-refractivity contribution in [3.05, 3.63) is 64.5 Å². The lowest BCUT2D eigenvalue weighted by Crippen LogP contribution is -1.95. The molecule has 114 valence electrons. The Bertz CT molecular complexity index is 933. The van der Waals surface area contributed by atoms with Crippen LogP contribution in [0.5, 0.6) is 0 Å². The van der Waals surface area contributed by atoms with E-state index in [0.29, 0.717) is 0 Å². The van der Waals surface area contributed by atoms with E-state index in [1.54, 1.807) is 27.6 Å². The van der Waals surface area contributed by atoms with E-state index < -0.39 is 0 Å². The number of halogens is 1. The van der Waals surface area contributed by atoms with Gasteiger partial charge < -0.3 is 0 Å². The van der Waals surface area contributed by atoms with E-state index in [9.17, 15) is 0 Å². The highest BCUT2D eigenvalue weighted by Crippen LogP contribution is 2.25. The van der Waals surface area contributed by atoms with Gasteiger partial charge in [0.2, 0.25) is 0 Å². The summed E-state index contributed by atoms with van der Waals surface area (Å²) in [5, 5.41) is 16.8. The number of aromatic nitrogens is 4. The largest absolute Gasteiger partial charge is 0.195 e. The van der Waals surface area contributed by atoms with Crippen molar-refractivity contribution in [2.45, 2.75) is 10.8 Å². The molecule has 0 aliphatic rings. The summed E-state index contributed by atoms with van der Waals surface area (Å²) in [5.74, 6) is 1.62. The molecule has 0 unspecified atom stereocenters. The first-order valence-corrected chi connectivity index (χ1v) is 9.17. The zero-order valence-electron chi connectivity index (χ0n) is 11.9. The number of benzene rings is 1. The first kappa shape index (κ1) is 14.7. The quantitative estimate of drug-likeness (QED) is 0.491. The summed E-state index contributed by atoms with van der Waals surface area (Å²) in [6.45, 7) is 0. The van der Waals surface area contributed by atoms with Gasteiger partial charge in [0.15, 0.2) is 11.5 Å². The van der Waals surface area contributed by atoms with Crippen LogP contribution in [0, 0.1) is 0 Å². The molecule has 0 amide bonds. The molecule has 0 N–H and O–H groups in total. The van der Waals surface area contributed by atoms with E-state index in [-0.39, 0.29) is 0 Å². The van der Waals surface area contributed by atoms with Crippen LogP contribution < -0.4 is 0 Å². The molecule has 0 aliphatic carbocycles. The van der Waals surface area contributed by atoms with Gasteiger partial charge in [0.25, 0.3) is 0 Å². The van der Waals surface area contributed by atoms with E-state index in [4.69, 9.17) is 11.6 Å². The number of thioether (sulfide) groups is 1. The van der Waals surface area contributed by atoms with E-state index in [1.165, 1.54) is 5.56 Å². The summed E-state index contributed by atoms with van der Waals surface area (Å²) >= 11 is 9.22. The highest BCUT2D eigenvalue weighted by molar-refractivity contribution is 7.98. The number of hydrogen-bond donors (Lipinski definition) is 0. The summed E-state index contributed by atoms with van der Waals surface area (Å²) < 4.78 is 1.80. The molecule has 3 heterocycles. The smallest absolute Gasteiger partial charge is 0.191 e. The number of thiophene rings is 1. The summed E-state index contributed by atoms with van der Waals surface area (Å²) in [6.07, 6.45) is 0. The Labute approximate surface area is 146 Å². The Morgan fingerprint density at radius 2 is 1.91 bits per heavy atom. The van der Waals surface area contributed by atoms with Crippen LogP contribution in [-0.2, 0) is 5.75 Å². The van der Waals surface area contributed by atoms with Gasteiger partial charge in [-0.3, -0.25) is 0 Å². The highest BCUT2D eigenvalue weighted by atomic mass is 35.5. The van der Waals surface area contributed by atoms with Crippen LogP contribution in [0.3, 0.4) is 0 Å². The average molecular weight is 359 g/mol. The molecule has 0 saturated heterocycles. The van der Waals surface area contributed by atoms with Crippen LogP contribution >= 0.6 is 34.7 Å². The molecule has 0 spiro atoms. The standard InChI is InChI=1S/C16H11ClN4S2/c17-12-5-3-11(4-6-12)10-23-15-8-7-14-18-19-16(21(14)20-15)13-2-1-9-22-13/h1-9H,10H2. The second-order valence-corrected chi connectivity index (χ2v) is 7.24. The third-order valence-electron chi connectivity index (χ3n) is 3.28. The van der Waals surface area contributed by atoms with Crippen molar-refractivity contribution in [3.8, 4) is 10.7 Å². The Kier molecular flexibility index (Phi) is 4.03. The number of hydrogen-bond acceptors (Lipinski definition) is 5. The zero-order chi connectivity index (χ0) is 15.6. The summed E-state index contributed by atoms with van der Waals surface area (Å²) in [4.78, 5) is 1.06. The van der Waals surface area contributed by atoms with Crippen LogP contribution in [0.1, 0.15) is 5.56 Å². The van der Waals surface area contributed by atoms with Gasteiger partial charge >= 0.3 is 0 Å². The van der Waals surface area contributed by atoms with E-state index in [1.807, 2.05) is 53.9 Å². The fourth-order valence-electron chi connectivity index (χ4n) is 2.15. The first-order valence-electron chi connectivity index (χ1n) is 6.93. The molecule has 4 rings (SSSR count).